The standard InChI is InChI=1S/C26H22N6O3S2/c33-23(14-17-29-24-8-1-3-15-27-24)19-6-5-7-21(18-19)31-26(36)30-20-10-12-22(13-11-20)37(34,35)32-25-9-2-4-16-28-25/h1-18H,(H,27,29)(H,28,32)(H2,30,31,36)/b17-14+. The maximum atomic E-state index is 12.6. The minimum Gasteiger partial charge on any atom is -0.347 e. The molecule has 4 aromatic rings. The van der Waals surface area contributed by atoms with Crippen LogP contribution in [0.4, 0.5) is 23.0 Å². The van der Waals surface area contributed by atoms with Gasteiger partial charge in [0, 0.05) is 41.6 Å². The van der Waals surface area contributed by atoms with Crippen molar-refractivity contribution < 1.29 is 13.2 Å². The Bertz CT molecular complexity index is 1510. The molecule has 0 aliphatic carbocycles. The van der Waals surface area contributed by atoms with Crippen LogP contribution in [-0.2, 0) is 10.0 Å². The molecule has 0 radical (unpaired) electrons. The summed E-state index contributed by atoms with van der Waals surface area (Å²) in [6, 6.07) is 23.4. The molecular weight excluding hydrogens is 508 g/mol. The number of rotatable bonds is 9. The number of pyridine rings is 2. The summed E-state index contributed by atoms with van der Waals surface area (Å²) >= 11 is 5.37. The first-order chi connectivity index (χ1) is 17.9. The molecule has 9 nitrogen and oxygen atoms in total. The first-order valence-electron chi connectivity index (χ1n) is 11.0. The van der Waals surface area contributed by atoms with Gasteiger partial charge in [-0.15, -0.1) is 0 Å². The van der Waals surface area contributed by atoms with Gasteiger partial charge in [-0.1, -0.05) is 24.3 Å². The van der Waals surface area contributed by atoms with Gasteiger partial charge in [-0.05, 0) is 72.9 Å². The second kappa shape index (κ2) is 11.9. The highest BCUT2D eigenvalue weighted by atomic mass is 32.2. The molecular formula is C26H22N6O3S2. The fourth-order valence-electron chi connectivity index (χ4n) is 3.13. The lowest BCUT2D eigenvalue weighted by Crippen LogP contribution is -2.19. The number of allylic oxidation sites excluding steroid dienone is 1. The van der Waals surface area contributed by atoms with Crippen LogP contribution in [-0.4, -0.2) is 29.3 Å². The van der Waals surface area contributed by atoms with Gasteiger partial charge in [0.2, 0.25) is 0 Å². The lowest BCUT2D eigenvalue weighted by atomic mass is 10.1. The fourth-order valence-corrected chi connectivity index (χ4v) is 4.37. The quantitative estimate of drug-likeness (QED) is 0.136. The van der Waals surface area contributed by atoms with E-state index in [0.717, 1.165) is 0 Å². The first-order valence-corrected chi connectivity index (χ1v) is 12.9. The summed E-state index contributed by atoms with van der Waals surface area (Å²) in [5, 5.41) is 9.24. The number of aromatic nitrogens is 2. The fraction of sp³-hybridized carbons (Fsp3) is 0. The monoisotopic (exact) mass is 530 g/mol. The predicted octanol–water partition coefficient (Wildman–Crippen LogP) is 4.89. The van der Waals surface area contributed by atoms with E-state index >= 15 is 0 Å². The number of anilines is 4. The first kappa shape index (κ1) is 25.5. The highest BCUT2D eigenvalue weighted by Crippen LogP contribution is 2.18. The molecule has 4 rings (SSSR count). The maximum Gasteiger partial charge on any atom is 0.263 e. The van der Waals surface area contributed by atoms with Crippen molar-refractivity contribution in [2.75, 3.05) is 20.7 Å². The normalized spacial score (nSPS) is 11.0. The predicted molar refractivity (Wildman–Crippen MR) is 149 cm³/mol. The van der Waals surface area contributed by atoms with E-state index in [1.807, 2.05) is 6.07 Å². The van der Waals surface area contributed by atoms with Crippen molar-refractivity contribution in [3.63, 3.8) is 0 Å². The molecule has 2 aromatic carbocycles. The minimum atomic E-state index is -3.78. The van der Waals surface area contributed by atoms with Crippen molar-refractivity contribution in [2.24, 2.45) is 0 Å². The molecule has 4 N–H and O–H groups in total. The van der Waals surface area contributed by atoms with Gasteiger partial charge in [0.15, 0.2) is 10.9 Å². The maximum absolute atomic E-state index is 12.6. The van der Waals surface area contributed by atoms with Crippen molar-refractivity contribution in [3.8, 4) is 0 Å². The number of nitrogens with zero attached hydrogens (tertiary/aromatic N) is 2. The van der Waals surface area contributed by atoms with E-state index < -0.39 is 10.0 Å². The van der Waals surface area contributed by atoms with Gasteiger partial charge < -0.3 is 16.0 Å². The van der Waals surface area contributed by atoms with Crippen molar-refractivity contribution in [1.82, 2.24) is 9.97 Å². The molecule has 0 saturated heterocycles. The molecule has 0 atom stereocenters. The third-order valence-corrected chi connectivity index (χ3v) is 6.44. The number of sulfonamides is 1. The lowest BCUT2D eigenvalue weighted by Gasteiger charge is -2.12. The van der Waals surface area contributed by atoms with Crippen LogP contribution in [0.2, 0.25) is 0 Å². The number of ketones is 1. The van der Waals surface area contributed by atoms with Gasteiger partial charge in [-0.3, -0.25) is 9.52 Å². The summed E-state index contributed by atoms with van der Waals surface area (Å²) < 4.78 is 27.5. The Hall–Kier alpha value is -4.61. The number of hydrogen-bond donors (Lipinski definition) is 4. The van der Waals surface area contributed by atoms with Crippen molar-refractivity contribution in [1.29, 1.82) is 0 Å². The average molecular weight is 531 g/mol. The second-order valence-corrected chi connectivity index (χ2v) is 9.65. The van der Waals surface area contributed by atoms with E-state index in [-0.39, 0.29) is 21.6 Å². The van der Waals surface area contributed by atoms with Gasteiger partial charge in [-0.2, -0.15) is 0 Å². The summed E-state index contributed by atoms with van der Waals surface area (Å²) in [7, 11) is -3.78. The van der Waals surface area contributed by atoms with Crippen molar-refractivity contribution in [3.05, 3.63) is 115 Å². The van der Waals surface area contributed by atoms with E-state index in [1.54, 1.807) is 72.9 Å². The van der Waals surface area contributed by atoms with Gasteiger partial charge in [0.1, 0.15) is 11.6 Å². The molecule has 0 spiro atoms. The number of nitrogens with one attached hydrogen (secondary N) is 4. The summed E-state index contributed by atoms with van der Waals surface area (Å²) in [4.78, 5) is 20.7. The number of benzene rings is 2. The zero-order chi connectivity index (χ0) is 26.1. The highest BCUT2D eigenvalue weighted by molar-refractivity contribution is 7.92. The largest absolute Gasteiger partial charge is 0.347 e. The van der Waals surface area contributed by atoms with Gasteiger partial charge in [-0.25, -0.2) is 18.4 Å². The molecule has 0 aliphatic heterocycles. The number of carbonyl (C=O) groups is 1. The minimum absolute atomic E-state index is 0.0828. The smallest absolute Gasteiger partial charge is 0.263 e. The van der Waals surface area contributed by atoms with Crippen LogP contribution in [0.1, 0.15) is 10.4 Å². The Morgan fingerprint density at radius 2 is 1.46 bits per heavy atom. The molecule has 11 heteroatoms. The van der Waals surface area contributed by atoms with Crippen LogP contribution in [0.15, 0.2) is 114 Å². The van der Waals surface area contributed by atoms with Crippen molar-refractivity contribution in [2.45, 2.75) is 4.90 Å². The van der Waals surface area contributed by atoms with Crippen LogP contribution in [0.25, 0.3) is 0 Å². The van der Waals surface area contributed by atoms with Crippen LogP contribution in [0, 0.1) is 0 Å². The van der Waals surface area contributed by atoms with Gasteiger partial charge in [0.25, 0.3) is 10.0 Å². The van der Waals surface area contributed by atoms with E-state index in [9.17, 15) is 13.2 Å². The Balaban J connectivity index is 1.33. The zero-order valence-corrected chi connectivity index (χ0v) is 21.0. The third-order valence-electron chi connectivity index (χ3n) is 4.86. The average Bonchev–Trinajstić information content (AvgIpc) is 2.90. The highest BCUT2D eigenvalue weighted by Gasteiger charge is 2.14. The second-order valence-electron chi connectivity index (χ2n) is 7.56. The molecule has 0 unspecified atom stereocenters. The third kappa shape index (κ3) is 7.43. The molecule has 2 aromatic heterocycles. The SMILES string of the molecule is O=C(/C=C/Nc1ccccn1)c1cccc(NC(=S)Nc2ccc(S(=O)(=O)Nc3ccccn3)cc2)c1. The molecule has 0 saturated carbocycles. The molecule has 0 amide bonds. The van der Waals surface area contributed by atoms with Gasteiger partial charge in [0.05, 0.1) is 4.90 Å². The zero-order valence-electron chi connectivity index (χ0n) is 19.3. The number of hydrogen-bond acceptors (Lipinski definition) is 7. The molecule has 0 aliphatic rings. The number of thiocarbonyl (C=S) groups is 1. The van der Waals surface area contributed by atoms with Crippen LogP contribution in [0.5, 0.6) is 0 Å². The van der Waals surface area contributed by atoms with Crippen molar-refractivity contribution >= 4 is 56.1 Å². The molecule has 2 heterocycles. The lowest BCUT2D eigenvalue weighted by molar-refractivity contribution is 0.104. The molecule has 37 heavy (non-hydrogen) atoms. The van der Waals surface area contributed by atoms with E-state index in [0.29, 0.717) is 22.8 Å². The Morgan fingerprint density at radius 3 is 2.14 bits per heavy atom. The van der Waals surface area contributed by atoms with Gasteiger partial charge >= 0.3 is 0 Å². The summed E-state index contributed by atoms with van der Waals surface area (Å²) in [6.45, 7) is 0. The summed E-state index contributed by atoms with van der Waals surface area (Å²) in [5.41, 5.74) is 1.68. The van der Waals surface area contributed by atoms with E-state index in [2.05, 4.69) is 30.6 Å². The Labute approximate surface area is 219 Å². The summed E-state index contributed by atoms with van der Waals surface area (Å²) in [5.74, 6) is 0.673. The van der Waals surface area contributed by atoms with E-state index in [1.165, 1.54) is 30.6 Å². The summed E-state index contributed by atoms with van der Waals surface area (Å²) in [6.07, 6.45) is 6.11. The van der Waals surface area contributed by atoms with Crippen LogP contribution in [0.3, 0.4) is 0 Å². The number of carbonyl (C=O) groups excluding carboxylic acids is 1. The molecule has 0 fully saturated rings. The molecule has 186 valence electrons. The Kier molecular flexibility index (Phi) is 8.18. The molecule has 0 bridgehead atoms. The topological polar surface area (TPSA) is 125 Å². The van der Waals surface area contributed by atoms with Crippen LogP contribution >= 0.6 is 12.2 Å². The van der Waals surface area contributed by atoms with E-state index in [4.69, 9.17) is 12.2 Å². The Morgan fingerprint density at radius 1 is 0.784 bits per heavy atom. The van der Waals surface area contributed by atoms with Crippen LogP contribution < -0.4 is 20.7 Å².